The van der Waals surface area contributed by atoms with E-state index in [9.17, 15) is 14.7 Å². The summed E-state index contributed by atoms with van der Waals surface area (Å²) < 4.78 is 0. The summed E-state index contributed by atoms with van der Waals surface area (Å²) in [5, 5.41) is 18.1. The zero-order valence-electron chi connectivity index (χ0n) is 13.7. The first-order valence-corrected chi connectivity index (χ1v) is 8.43. The van der Waals surface area contributed by atoms with Gasteiger partial charge in [0.1, 0.15) is 0 Å². The van der Waals surface area contributed by atoms with E-state index in [-0.39, 0.29) is 17.4 Å². The van der Waals surface area contributed by atoms with Crippen LogP contribution in [0.15, 0.2) is 23.0 Å². The number of aromatic hydroxyl groups is 1. The van der Waals surface area contributed by atoms with Crippen LogP contribution < -0.4 is 10.5 Å². The summed E-state index contributed by atoms with van der Waals surface area (Å²) in [5.74, 6) is 0.311. The van der Waals surface area contributed by atoms with Crippen molar-refractivity contribution in [1.82, 2.24) is 20.1 Å². The van der Waals surface area contributed by atoms with Gasteiger partial charge in [-0.05, 0) is 30.9 Å². The Hall–Kier alpha value is -2.90. The molecule has 1 fully saturated rings. The second-order valence-corrected chi connectivity index (χ2v) is 6.43. The van der Waals surface area contributed by atoms with E-state index in [1.165, 1.54) is 17.7 Å². The lowest BCUT2D eigenvalue weighted by atomic mass is 10.2. The number of carbonyl (C=O) groups excluding carboxylic acids is 1. The lowest BCUT2D eigenvalue weighted by molar-refractivity contribution is 0.0745. The molecule has 1 amide bonds. The molecule has 2 aliphatic rings. The van der Waals surface area contributed by atoms with E-state index >= 15 is 0 Å². The normalized spacial score (nSPS) is 16.8. The van der Waals surface area contributed by atoms with Crippen LogP contribution >= 0.6 is 0 Å². The van der Waals surface area contributed by atoms with Gasteiger partial charge in [0.05, 0.1) is 11.3 Å². The number of carbonyl (C=O) groups is 1. The summed E-state index contributed by atoms with van der Waals surface area (Å²) in [7, 11) is 0. The Morgan fingerprint density at radius 1 is 1.08 bits per heavy atom. The van der Waals surface area contributed by atoms with Crippen molar-refractivity contribution < 1.29 is 9.90 Å². The number of pyridine rings is 1. The number of amides is 1. The summed E-state index contributed by atoms with van der Waals surface area (Å²) in [6.45, 7) is 2.39. The van der Waals surface area contributed by atoms with Gasteiger partial charge < -0.3 is 14.9 Å². The number of hydrogen-bond donors (Lipinski definition) is 2. The number of aromatic nitrogens is 3. The Kier molecular flexibility index (Phi) is 3.87. The molecule has 8 nitrogen and oxygen atoms in total. The van der Waals surface area contributed by atoms with Gasteiger partial charge in [-0.25, -0.2) is 0 Å². The van der Waals surface area contributed by atoms with Crippen LogP contribution in [0.4, 0.5) is 5.82 Å². The third-order valence-corrected chi connectivity index (χ3v) is 4.77. The zero-order valence-corrected chi connectivity index (χ0v) is 13.7. The average molecular weight is 341 g/mol. The molecule has 1 aliphatic carbocycles. The van der Waals surface area contributed by atoms with Crippen LogP contribution in [0.3, 0.4) is 0 Å². The van der Waals surface area contributed by atoms with Gasteiger partial charge in [0.15, 0.2) is 11.7 Å². The Balaban J connectivity index is 1.44. The first-order valence-electron chi connectivity index (χ1n) is 8.43. The molecule has 0 bridgehead atoms. The molecule has 3 heterocycles. The van der Waals surface area contributed by atoms with Crippen LogP contribution in [0, 0.1) is 0 Å². The molecule has 25 heavy (non-hydrogen) atoms. The maximum absolute atomic E-state index is 12.5. The Bertz CT molecular complexity index is 871. The van der Waals surface area contributed by atoms with Crippen LogP contribution in [0.25, 0.3) is 0 Å². The number of nitrogens with one attached hydrogen (secondary N) is 1. The van der Waals surface area contributed by atoms with Crippen LogP contribution in [0.5, 0.6) is 5.88 Å². The van der Waals surface area contributed by atoms with Gasteiger partial charge >= 0.3 is 0 Å². The van der Waals surface area contributed by atoms with E-state index < -0.39 is 5.56 Å². The van der Waals surface area contributed by atoms with Gasteiger partial charge in [0.2, 0.25) is 0 Å². The topological polar surface area (TPSA) is 102 Å². The number of aromatic amines is 1. The highest BCUT2D eigenvalue weighted by Crippen LogP contribution is 2.23. The smallest absolute Gasteiger partial charge is 0.254 e. The number of fused-ring (bicyclic) bond motifs is 1. The van der Waals surface area contributed by atoms with Crippen molar-refractivity contribution in [2.45, 2.75) is 19.3 Å². The van der Waals surface area contributed by atoms with Crippen LogP contribution in [-0.2, 0) is 12.8 Å². The van der Waals surface area contributed by atoms with Crippen molar-refractivity contribution in [3.8, 4) is 5.88 Å². The molecule has 0 unspecified atom stereocenters. The van der Waals surface area contributed by atoms with Gasteiger partial charge in [-0.2, -0.15) is 5.10 Å². The van der Waals surface area contributed by atoms with E-state index in [0.717, 1.165) is 30.8 Å². The molecule has 1 aliphatic heterocycles. The number of aryl methyl sites for hydroxylation is 2. The largest absolute Gasteiger partial charge is 0.494 e. The molecule has 0 atom stereocenters. The molecule has 130 valence electrons. The van der Waals surface area contributed by atoms with Crippen LogP contribution in [0.2, 0.25) is 0 Å². The number of nitrogens with zero attached hydrogens (tertiary/aromatic N) is 4. The van der Waals surface area contributed by atoms with Crippen molar-refractivity contribution in [3.63, 3.8) is 0 Å². The number of rotatable bonds is 2. The molecular formula is C17H19N5O3. The molecule has 0 saturated carbocycles. The van der Waals surface area contributed by atoms with Crippen LogP contribution in [-0.4, -0.2) is 57.3 Å². The Morgan fingerprint density at radius 3 is 2.64 bits per heavy atom. The predicted molar refractivity (Wildman–Crippen MR) is 90.9 cm³/mol. The monoisotopic (exact) mass is 341 g/mol. The second-order valence-electron chi connectivity index (χ2n) is 6.43. The van der Waals surface area contributed by atoms with Gasteiger partial charge in [-0.3, -0.25) is 14.6 Å². The van der Waals surface area contributed by atoms with E-state index in [2.05, 4.69) is 26.1 Å². The molecule has 8 heteroatoms. The maximum atomic E-state index is 12.5. The predicted octanol–water partition coefficient (Wildman–Crippen LogP) is 0.322. The van der Waals surface area contributed by atoms with Crippen LogP contribution in [0.1, 0.15) is 28.0 Å². The average Bonchev–Trinajstić information content (AvgIpc) is 3.08. The van der Waals surface area contributed by atoms with Crippen molar-refractivity contribution in [2.24, 2.45) is 0 Å². The highest BCUT2D eigenvalue weighted by Gasteiger charge is 2.24. The number of hydrogen-bond acceptors (Lipinski definition) is 6. The van der Waals surface area contributed by atoms with E-state index in [0.29, 0.717) is 26.2 Å². The molecule has 2 aromatic rings. The number of piperazine rings is 1. The number of H-pyrrole nitrogens is 1. The minimum Gasteiger partial charge on any atom is -0.494 e. The zero-order chi connectivity index (χ0) is 17.4. The molecule has 2 N–H and O–H groups in total. The standard InChI is InChI=1S/C17H19N5O3/c23-15-9-12(10-16(24)18-15)17(25)22-6-4-21(5-7-22)14-8-11-2-1-3-13(11)19-20-14/h8-10H,1-7H2,(H2,18,23,24). The van der Waals surface area contributed by atoms with Crippen molar-refractivity contribution in [1.29, 1.82) is 0 Å². The second kappa shape index (κ2) is 6.19. The fraction of sp³-hybridized carbons (Fsp3) is 0.412. The van der Waals surface area contributed by atoms with Gasteiger partial charge in [-0.1, -0.05) is 0 Å². The van der Waals surface area contributed by atoms with Gasteiger partial charge in [-0.15, -0.1) is 5.10 Å². The third-order valence-electron chi connectivity index (χ3n) is 4.77. The fourth-order valence-electron chi connectivity index (χ4n) is 3.44. The first kappa shape index (κ1) is 15.6. The quantitative estimate of drug-likeness (QED) is 0.816. The molecule has 0 aromatic carbocycles. The maximum Gasteiger partial charge on any atom is 0.254 e. The molecule has 1 saturated heterocycles. The summed E-state index contributed by atoms with van der Waals surface area (Å²) >= 11 is 0. The summed E-state index contributed by atoms with van der Waals surface area (Å²) in [4.78, 5) is 30.0. The summed E-state index contributed by atoms with van der Waals surface area (Å²) in [5.41, 5.74) is 2.09. The lowest BCUT2D eigenvalue weighted by Crippen LogP contribution is -2.49. The minimum absolute atomic E-state index is 0.201. The number of anilines is 1. The first-order chi connectivity index (χ1) is 12.1. The highest BCUT2D eigenvalue weighted by molar-refractivity contribution is 5.94. The molecule has 4 rings (SSSR count). The molecule has 0 spiro atoms. The summed E-state index contributed by atoms with van der Waals surface area (Å²) in [6.07, 6.45) is 3.20. The van der Waals surface area contributed by atoms with Gasteiger partial charge in [0, 0.05) is 38.3 Å². The molecule has 2 aromatic heterocycles. The van der Waals surface area contributed by atoms with E-state index in [1.807, 2.05) is 0 Å². The molecular weight excluding hydrogens is 322 g/mol. The Morgan fingerprint density at radius 2 is 1.88 bits per heavy atom. The third kappa shape index (κ3) is 3.07. The summed E-state index contributed by atoms with van der Waals surface area (Å²) in [6, 6.07) is 4.60. The van der Waals surface area contributed by atoms with E-state index in [1.54, 1.807) is 4.90 Å². The van der Waals surface area contributed by atoms with Gasteiger partial charge in [0.25, 0.3) is 11.5 Å². The van der Waals surface area contributed by atoms with E-state index in [4.69, 9.17) is 0 Å². The lowest BCUT2D eigenvalue weighted by Gasteiger charge is -2.35. The SMILES string of the molecule is O=C(c1cc(O)[nH]c(=O)c1)N1CCN(c2cc3c(nn2)CCC3)CC1. The Labute approximate surface area is 144 Å². The fourth-order valence-corrected chi connectivity index (χ4v) is 3.44. The highest BCUT2D eigenvalue weighted by atomic mass is 16.3. The van der Waals surface area contributed by atoms with Crippen molar-refractivity contribution >= 4 is 11.7 Å². The minimum atomic E-state index is -0.490. The molecule has 0 radical (unpaired) electrons. The van der Waals surface area contributed by atoms with Crippen molar-refractivity contribution in [2.75, 3.05) is 31.1 Å². The van der Waals surface area contributed by atoms with Crippen molar-refractivity contribution in [3.05, 3.63) is 45.4 Å².